The first-order chi connectivity index (χ1) is 13.1. The van der Waals surface area contributed by atoms with E-state index >= 15 is 0 Å². The van der Waals surface area contributed by atoms with E-state index in [2.05, 4.69) is 46.5 Å². The van der Waals surface area contributed by atoms with E-state index in [1.54, 1.807) is 0 Å². The molecule has 5 nitrogen and oxygen atoms in total. The van der Waals surface area contributed by atoms with Gasteiger partial charge < -0.3 is 15.4 Å². The van der Waals surface area contributed by atoms with Crippen molar-refractivity contribution in [2.24, 2.45) is 4.99 Å². The zero-order valence-electron chi connectivity index (χ0n) is 17.5. The van der Waals surface area contributed by atoms with Gasteiger partial charge in [-0.1, -0.05) is 36.8 Å². The Bertz CT molecular complexity index is 539. The summed E-state index contributed by atoms with van der Waals surface area (Å²) in [5, 5.41) is 6.91. The van der Waals surface area contributed by atoms with Crippen LogP contribution in [0, 0.1) is 0 Å². The van der Waals surface area contributed by atoms with Crippen LogP contribution in [0.3, 0.4) is 0 Å². The predicted molar refractivity (Wildman–Crippen MR) is 114 cm³/mol. The SMILES string of the molecule is CN=C(NCCCCOCc1ccccc1)NCC(C)(C)N1CCCCC1. The molecule has 0 atom stereocenters. The number of ether oxygens (including phenoxy) is 1. The largest absolute Gasteiger partial charge is 0.377 e. The van der Waals surface area contributed by atoms with Crippen LogP contribution in [-0.4, -0.2) is 56.2 Å². The summed E-state index contributed by atoms with van der Waals surface area (Å²) in [7, 11) is 1.84. The Morgan fingerprint density at radius 1 is 1.07 bits per heavy atom. The number of piperidine rings is 1. The average molecular weight is 375 g/mol. The van der Waals surface area contributed by atoms with Gasteiger partial charge in [0.2, 0.25) is 0 Å². The van der Waals surface area contributed by atoms with Crippen molar-refractivity contribution in [3.8, 4) is 0 Å². The van der Waals surface area contributed by atoms with Gasteiger partial charge in [-0.15, -0.1) is 0 Å². The lowest BCUT2D eigenvalue weighted by molar-refractivity contribution is 0.0982. The van der Waals surface area contributed by atoms with Crippen molar-refractivity contribution >= 4 is 5.96 Å². The van der Waals surface area contributed by atoms with Crippen molar-refractivity contribution < 1.29 is 4.74 Å². The van der Waals surface area contributed by atoms with E-state index in [0.717, 1.165) is 38.5 Å². The van der Waals surface area contributed by atoms with Crippen LogP contribution in [-0.2, 0) is 11.3 Å². The van der Waals surface area contributed by atoms with Crippen molar-refractivity contribution in [1.82, 2.24) is 15.5 Å². The number of hydrogen-bond donors (Lipinski definition) is 2. The van der Waals surface area contributed by atoms with Gasteiger partial charge in [-0.05, 0) is 58.2 Å². The third-order valence-electron chi connectivity index (χ3n) is 5.24. The molecule has 0 bridgehead atoms. The zero-order chi connectivity index (χ0) is 19.4. The van der Waals surface area contributed by atoms with Gasteiger partial charge in [0.15, 0.2) is 5.96 Å². The highest BCUT2D eigenvalue weighted by molar-refractivity contribution is 5.79. The maximum Gasteiger partial charge on any atom is 0.191 e. The molecule has 2 N–H and O–H groups in total. The van der Waals surface area contributed by atoms with E-state index in [-0.39, 0.29) is 5.54 Å². The fraction of sp³-hybridized carbons (Fsp3) is 0.682. The Labute approximate surface area is 165 Å². The molecule has 1 fully saturated rings. The number of benzene rings is 1. The molecule has 0 spiro atoms. The second-order valence-corrected chi connectivity index (χ2v) is 7.96. The van der Waals surface area contributed by atoms with Crippen molar-refractivity contribution in [1.29, 1.82) is 0 Å². The lowest BCUT2D eigenvalue weighted by atomic mass is 9.98. The molecule has 2 rings (SSSR count). The van der Waals surface area contributed by atoms with Crippen LogP contribution in [0.4, 0.5) is 0 Å². The number of rotatable bonds is 10. The van der Waals surface area contributed by atoms with Crippen molar-refractivity contribution in [3.63, 3.8) is 0 Å². The second kappa shape index (κ2) is 12.0. The molecular weight excluding hydrogens is 336 g/mol. The number of hydrogen-bond acceptors (Lipinski definition) is 3. The van der Waals surface area contributed by atoms with Gasteiger partial charge in [0.05, 0.1) is 6.61 Å². The Hall–Kier alpha value is -1.59. The maximum absolute atomic E-state index is 5.73. The quantitative estimate of drug-likeness (QED) is 0.374. The summed E-state index contributed by atoms with van der Waals surface area (Å²) in [5.41, 5.74) is 1.39. The molecule has 1 heterocycles. The van der Waals surface area contributed by atoms with Gasteiger partial charge >= 0.3 is 0 Å². The maximum atomic E-state index is 5.73. The zero-order valence-corrected chi connectivity index (χ0v) is 17.5. The van der Waals surface area contributed by atoms with E-state index in [1.807, 2.05) is 25.2 Å². The fourth-order valence-electron chi connectivity index (χ4n) is 3.43. The summed E-state index contributed by atoms with van der Waals surface area (Å²) < 4.78 is 5.73. The molecular formula is C22H38N4O. The Morgan fingerprint density at radius 3 is 2.52 bits per heavy atom. The molecule has 0 aliphatic carbocycles. The van der Waals surface area contributed by atoms with E-state index in [0.29, 0.717) is 6.61 Å². The smallest absolute Gasteiger partial charge is 0.191 e. The molecule has 27 heavy (non-hydrogen) atoms. The minimum absolute atomic E-state index is 0.156. The molecule has 1 aliphatic heterocycles. The van der Waals surface area contributed by atoms with E-state index in [1.165, 1.54) is 37.9 Å². The molecule has 5 heteroatoms. The molecule has 1 saturated heterocycles. The number of aliphatic imine (C=N–C) groups is 1. The minimum Gasteiger partial charge on any atom is -0.377 e. The molecule has 0 saturated carbocycles. The number of unbranched alkanes of at least 4 members (excludes halogenated alkanes) is 1. The third-order valence-corrected chi connectivity index (χ3v) is 5.24. The highest BCUT2D eigenvalue weighted by Gasteiger charge is 2.27. The van der Waals surface area contributed by atoms with Crippen LogP contribution in [0.2, 0.25) is 0 Å². The fourth-order valence-corrected chi connectivity index (χ4v) is 3.43. The lowest BCUT2D eigenvalue weighted by Gasteiger charge is -2.41. The van der Waals surface area contributed by atoms with Crippen LogP contribution in [0.1, 0.15) is 51.5 Å². The third kappa shape index (κ3) is 8.31. The van der Waals surface area contributed by atoms with E-state index in [9.17, 15) is 0 Å². The number of nitrogens with zero attached hydrogens (tertiary/aromatic N) is 2. The van der Waals surface area contributed by atoms with Crippen LogP contribution in [0.25, 0.3) is 0 Å². The predicted octanol–water partition coefficient (Wildman–Crippen LogP) is 3.41. The van der Waals surface area contributed by atoms with Crippen LogP contribution >= 0.6 is 0 Å². The normalized spacial score (nSPS) is 16.3. The summed E-state index contributed by atoms with van der Waals surface area (Å²) in [6, 6.07) is 10.3. The first-order valence-corrected chi connectivity index (χ1v) is 10.4. The lowest BCUT2D eigenvalue weighted by Crippen LogP contribution is -2.54. The molecule has 0 radical (unpaired) electrons. The monoisotopic (exact) mass is 374 g/mol. The Morgan fingerprint density at radius 2 is 1.81 bits per heavy atom. The summed E-state index contributed by atoms with van der Waals surface area (Å²) in [6.07, 6.45) is 6.14. The van der Waals surface area contributed by atoms with Crippen molar-refractivity contribution in [2.75, 3.05) is 39.8 Å². The van der Waals surface area contributed by atoms with Crippen LogP contribution in [0.5, 0.6) is 0 Å². The van der Waals surface area contributed by atoms with Crippen LogP contribution in [0.15, 0.2) is 35.3 Å². The minimum atomic E-state index is 0.156. The van der Waals surface area contributed by atoms with Gasteiger partial charge in [-0.25, -0.2) is 0 Å². The molecule has 1 aromatic carbocycles. The molecule has 0 unspecified atom stereocenters. The Balaban J connectivity index is 1.54. The van der Waals surface area contributed by atoms with Crippen LogP contribution < -0.4 is 10.6 Å². The highest BCUT2D eigenvalue weighted by atomic mass is 16.5. The topological polar surface area (TPSA) is 48.9 Å². The average Bonchev–Trinajstić information content (AvgIpc) is 2.71. The van der Waals surface area contributed by atoms with Gasteiger partial charge in [-0.3, -0.25) is 9.89 Å². The molecule has 152 valence electrons. The van der Waals surface area contributed by atoms with Gasteiger partial charge in [0.25, 0.3) is 0 Å². The van der Waals surface area contributed by atoms with Gasteiger partial charge in [0.1, 0.15) is 0 Å². The number of nitrogens with one attached hydrogen (secondary N) is 2. The van der Waals surface area contributed by atoms with Crippen molar-refractivity contribution in [3.05, 3.63) is 35.9 Å². The summed E-state index contributed by atoms with van der Waals surface area (Å²) in [6.45, 7) is 10.4. The van der Waals surface area contributed by atoms with E-state index in [4.69, 9.17) is 4.74 Å². The summed E-state index contributed by atoms with van der Waals surface area (Å²) in [5.74, 6) is 0.894. The highest BCUT2D eigenvalue weighted by Crippen LogP contribution is 2.19. The number of guanidine groups is 1. The Kier molecular flexibility index (Phi) is 9.64. The standard InChI is InChI=1S/C22H38N4O/c1-22(2,26-15-9-5-10-16-26)19-25-21(23-3)24-14-8-11-17-27-18-20-12-6-4-7-13-20/h4,6-7,12-13H,5,8-11,14-19H2,1-3H3,(H2,23,24,25). The van der Waals surface area contributed by atoms with Crippen molar-refractivity contribution in [2.45, 2.75) is 58.1 Å². The molecule has 0 aromatic heterocycles. The molecule has 0 amide bonds. The summed E-state index contributed by atoms with van der Waals surface area (Å²) in [4.78, 5) is 6.95. The van der Waals surface area contributed by atoms with Gasteiger partial charge in [-0.2, -0.15) is 0 Å². The second-order valence-electron chi connectivity index (χ2n) is 7.96. The number of likely N-dealkylation sites (tertiary alicyclic amines) is 1. The van der Waals surface area contributed by atoms with E-state index < -0.39 is 0 Å². The van der Waals surface area contributed by atoms with Gasteiger partial charge in [0, 0.05) is 32.3 Å². The molecule has 1 aromatic rings. The first-order valence-electron chi connectivity index (χ1n) is 10.4. The summed E-state index contributed by atoms with van der Waals surface area (Å²) >= 11 is 0. The molecule has 1 aliphatic rings. The first kappa shape index (κ1) is 21.7.